The zero-order valence-electron chi connectivity index (χ0n) is 10.7. The molecule has 18 heavy (non-hydrogen) atoms. The lowest BCUT2D eigenvalue weighted by Gasteiger charge is -2.30. The molecule has 1 aromatic rings. The van der Waals surface area contributed by atoms with Crippen molar-refractivity contribution in [2.24, 2.45) is 5.92 Å². The van der Waals surface area contributed by atoms with Gasteiger partial charge in [0.05, 0.1) is 5.92 Å². The fourth-order valence-corrected chi connectivity index (χ4v) is 2.25. The van der Waals surface area contributed by atoms with E-state index >= 15 is 0 Å². The van der Waals surface area contributed by atoms with Gasteiger partial charge in [0.1, 0.15) is 5.60 Å². The van der Waals surface area contributed by atoms with Crippen LogP contribution in [0.2, 0.25) is 5.02 Å². The maximum absolute atomic E-state index is 11.3. The molecule has 4 heteroatoms. The van der Waals surface area contributed by atoms with Crippen molar-refractivity contribution in [2.75, 3.05) is 0 Å². The Morgan fingerprint density at radius 2 is 2.17 bits per heavy atom. The molecule has 3 nitrogen and oxygen atoms in total. The van der Waals surface area contributed by atoms with E-state index in [1.54, 1.807) is 24.3 Å². The molecular weight excluding hydrogens is 252 g/mol. The first-order valence-corrected chi connectivity index (χ1v) is 6.48. The van der Waals surface area contributed by atoms with Gasteiger partial charge in [0.2, 0.25) is 0 Å². The highest BCUT2D eigenvalue weighted by Gasteiger charge is 2.38. The molecule has 0 radical (unpaired) electrons. The molecule has 2 unspecified atom stereocenters. The van der Waals surface area contributed by atoms with Crippen LogP contribution in [0.4, 0.5) is 0 Å². The molecule has 100 valence electrons. The van der Waals surface area contributed by atoms with Crippen LogP contribution >= 0.6 is 11.6 Å². The summed E-state index contributed by atoms with van der Waals surface area (Å²) in [6.07, 6.45) is 2.12. The number of hydrogen-bond acceptors (Lipinski definition) is 2. The molecule has 0 aliphatic heterocycles. The third kappa shape index (κ3) is 3.47. The van der Waals surface area contributed by atoms with Crippen LogP contribution in [0.25, 0.3) is 0 Å². The lowest BCUT2D eigenvalue weighted by molar-refractivity contribution is -0.152. The molecule has 0 aliphatic rings. The Labute approximate surface area is 112 Å². The molecule has 0 fully saturated rings. The molecule has 0 heterocycles. The van der Waals surface area contributed by atoms with Crippen molar-refractivity contribution in [3.63, 3.8) is 0 Å². The number of rotatable bonds is 6. The van der Waals surface area contributed by atoms with Gasteiger partial charge in [-0.3, -0.25) is 4.79 Å². The molecule has 0 aliphatic carbocycles. The highest BCUT2D eigenvalue weighted by Crippen LogP contribution is 2.34. The first kappa shape index (κ1) is 15.0. The van der Waals surface area contributed by atoms with Gasteiger partial charge in [-0.15, -0.1) is 0 Å². The van der Waals surface area contributed by atoms with E-state index in [0.29, 0.717) is 17.0 Å². The number of carboxylic acids is 1. The SMILES string of the molecule is CCCCC(C(=O)O)C(C)(O)c1cccc(Cl)c1. The molecule has 2 N–H and O–H groups in total. The van der Waals surface area contributed by atoms with Gasteiger partial charge >= 0.3 is 5.97 Å². The smallest absolute Gasteiger partial charge is 0.309 e. The summed E-state index contributed by atoms with van der Waals surface area (Å²) in [5, 5.41) is 20.3. The fourth-order valence-electron chi connectivity index (χ4n) is 2.06. The zero-order valence-corrected chi connectivity index (χ0v) is 11.4. The normalized spacial score (nSPS) is 16.0. The third-order valence-electron chi connectivity index (χ3n) is 3.23. The van der Waals surface area contributed by atoms with Gasteiger partial charge in [-0.1, -0.05) is 43.5 Å². The molecule has 0 aromatic heterocycles. The average Bonchev–Trinajstić information content (AvgIpc) is 2.28. The summed E-state index contributed by atoms with van der Waals surface area (Å²) in [7, 11) is 0. The number of unbranched alkanes of at least 4 members (excludes halogenated alkanes) is 1. The van der Waals surface area contributed by atoms with Gasteiger partial charge in [0, 0.05) is 5.02 Å². The summed E-state index contributed by atoms with van der Waals surface area (Å²) < 4.78 is 0. The number of carboxylic acid groups (broad SMARTS) is 1. The molecular formula is C14H19ClO3. The lowest BCUT2D eigenvalue weighted by Crippen LogP contribution is -2.37. The fraction of sp³-hybridized carbons (Fsp3) is 0.500. The van der Waals surface area contributed by atoms with E-state index in [9.17, 15) is 15.0 Å². The average molecular weight is 271 g/mol. The summed E-state index contributed by atoms with van der Waals surface area (Å²) in [4.78, 5) is 11.3. The topological polar surface area (TPSA) is 57.5 Å². The Balaban J connectivity index is 3.04. The molecule has 2 atom stereocenters. The largest absolute Gasteiger partial charge is 0.481 e. The van der Waals surface area contributed by atoms with Crippen molar-refractivity contribution in [1.82, 2.24) is 0 Å². The Bertz CT molecular complexity index is 415. The van der Waals surface area contributed by atoms with Crippen LogP contribution in [-0.2, 0) is 10.4 Å². The predicted molar refractivity (Wildman–Crippen MR) is 71.7 cm³/mol. The van der Waals surface area contributed by atoms with Crippen LogP contribution in [-0.4, -0.2) is 16.2 Å². The van der Waals surface area contributed by atoms with Gasteiger partial charge in [0.25, 0.3) is 0 Å². The van der Waals surface area contributed by atoms with E-state index in [-0.39, 0.29) is 0 Å². The first-order chi connectivity index (χ1) is 8.39. The summed E-state index contributed by atoms with van der Waals surface area (Å²) in [6, 6.07) is 6.73. The summed E-state index contributed by atoms with van der Waals surface area (Å²) in [6.45, 7) is 3.53. The van der Waals surface area contributed by atoms with Crippen LogP contribution in [0.3, 0.4) is 0 Å². The van der Waals surface area contributed by atoms with Crippen LogP contribution < -0.4 is 0 Å². The first-order valence-electron chi connectivity index (χ1n) is 6.10. The number of hydrogen-bond donors (Lipinski definition) is 2. The van der Waals surface area contributed by atoms with Crippen LogP contribution in [0, 0.1) is 5.92 Å². The van der Waals surface area contributed by atoms with Gasteiger partial charge in [0.15, 0.2) is 0 Å². The zero-order chi connectivity index (χ0) is 13.8. The van der Waals surface area contributed by atoms with E-state index in [4.69, 9.17) is 11.6 Å². The summed E-state index contributed by atoms with van der Waals surface area (Å²) in [5.74, 6) is -1.80. The Morgan fingerprint density at radius 3 is 2.67 bits per heavy atom. The van der Waals surface area contributed by atoms with Crippen molar-refractivity contribution in [3.8, 4) is 0 Å². The molecule has 0 bridgehead atoms. The van der Waals surface area contributed by atoms with Gasteiger partial charge in [-0.2, -0.15) is 0 Å². The second kappa shape index (κ2) is 6.21. The van der Waals surface area contributed by atoms with E-state index in [0.717, 1.165) is 12.8 Å². The van der Waals surface area contributed by atoms with Crippen LogP contribution in [0.5, 0.6) is 0 Å². The number of halogens is 1. The quantitative estimate of drug-likeness (QED) is 0.832. The predicted octanol–water partition coefficient (Wildman–Crippen LogP) is 3.44. The van der Waals surface area contributed by atoms with E-state index < -0.39 is 17.5 Å². The van der Waals surface area contributed by atoms with Crippen molar-refractivity contribution >= 4 is 17.6 Å². The van der Waals surface area contributed by atoms with Crippen LogP contribution in [0.15, 0.2) is 24.3 Å². The molecule has 0 spiro atoms. The van der Waals surface area contributed by atoms with Gasteiger partial charge in [-0.05, 0) is 31.0 Å². The minimum atomic E-state index is -1.41. The maximum atomic E-state index is 11.3. The standard InChI is InChI=1S/C14H19ClO3/c1-3-4-8-12(13(16)17)14(2,18)10-6-5-7-11(15)9-10/h5-7,9,12,18H,3-4,8H2,1-2H3,(H,16,17). The Morgan fingerprint density at radius 1 is 1.50 bits per heavy atom. The van der Waals surface area contributed by atoms with Gasteiger partial charge < -0.3 is 10.2 Å². The second-order valence-corrected chi connectivity index (χ2v) is 5.13. The Kier molecular flexibility index (Phi) is 5.17. The number of aliphatic carboxylic acids is 1. The highest BCUT2D eigenvalue weighted by atomic mass is 35.5. The third-order valence-corrected chi connectivity index (χ3v) is 3.47. The molecule has 0 amide bonds. The van der Waals surface area contributed by atoms with Gasteiger partial charge in [-0.25, -0.2) is 0 Å². The van der Waals surface area contributed by atoms with Crippen molar-refractivity contribution in [3.05, 3.63) is 34.9 Å². The Hall–Kier alpha value is -1.06. The highest BCUT2D eigenvalue weighted by molar-refractivity contribution is 6.30. The number of aliphatic hydroxyl groups is 1. The monoisotopic (exact) mass is 270 g/mol. The second-order valence-electron chi connectivity index (χ2n) is 4.69. The van der Waals surface area contributed by atoms with E-state index in [1.165, 1.54) is 6.92 Å². The van der Waals surface area contributed by atoms with Crippen molar-refractivity contribution < 1.29 is 15.0 Å². The van der Waals surface area contributed by atoms with Crippen molar-refractivity contribution in [2.45, 2.75) is 38.7 Å². The summed E-state index contributed by atoms with van der Waals surface area (Å²) in [5.41, 5.74) is -0.871. The number of carbonyl (C=O) groups is 1. The molecule has 0 saturated carbocycles. The lowest BCUT2D eigenvalue weighted by atomic mass is 9.80. The minimum Gasteiger partial charge on any atom is -0.481 e. The van der Waals surface area contributed by atoms with Crippen LogP contribution in [0.1, 0.15) is 38.7 Å². The van der Waals surface area contributed by atoms with Crippen molar-refractivity contribution in [1.29, 1.82) is 0 Å². The molecule has 1 rings (SSSR count). The molecule has 1 aromatic carbocycles. The van der Waals surface area contributed by atoms with E-state index in [2.05, 4.69) is 0 Å². The molecule has 0 saturated heterocycles. The minimum absolute atomic E-state index is 0.450. The van der Waals surface area contributed by atoms with E-state index in [1.807, 2.05) is 6.92 Å². The summed E-state index contributed by atoms with van der Waals surface area (Å²) >= 11 is 5.88. The number of benzene rings is 1. The maximum Gasteiger partial charge on any atom is 0.309 e.